The first kappa shape index (κ1) is 24.0. The van der Waals surface area contributed by atoms with Crippen LogP contribution >= 0.6 is 15.9 Å². The van der Waals surface area contributed by atoms with Crippen LogP contribution in [0.3, 0.4) is 0 Å². The quantitative estimate of drug-likeness (QED) is 0.372. The van der Waals surface area contributed by atoms with Gasteiger partial charge in [0, 0.05) is 28.7 Å². The van der Waals surface area contributed by atoms with Crippen molar-refractivity contribution < 1.29 is 28.5 Å². The van der Waals surface area contributed by atoms with E-state index in [-0.39, 0.29) is 18.3 Å². The lowest BCUT2D eigenvalue weighted by atomic mass is 9.98. The van der Waals surface area contributed by atoms with E-state index >= 15 is 0 Å². The van der Waals surface area contributed by atoms with Crippen LogP contribution in [0.4, 0.5) is 0 Å². The van der Waals surface area contributed by atoms with Gasteiger partial charge in [0.15, 0.2) is 12.6 Å². The van der Waals surface area contributed by atoms with Crippen LogP contribution in [0.25, 0.3) is 6.08 Å². The highest BCUT2D eigenvalue weighted by molar-refractivity contribution is 9.10. The van der Waals surface area contributed by atoms with Crippen molar-refractivity contribution in [3.05, 3.63) is 86.1 Å². The number of halogens is 1. The topological polar surface area (TPSA) is 66.5 Å². The number of nitrogens with zero attached hydrogens (tertiary/aromatic N) is 1. The first-order valence-electron chi connectivity index (χ1n) is 12.1. The molecule has 8 heteroatoms. The molecule has 0 unspecified atom stereocenters. The number of ether oxygens (including phenoxy) is 5. The lowest BCUT2D eigenvalue weighted by Crippen LogP contribution is -2.33. The molecule has 0 atom stereocenters. The molecule has 3 aliphatic heterocycles. The van der Waals surface area contributed by atoms with Crippen LogP contribution in [0.2, 0.25) is 0 Å². The van der Waals surface area contributed by atoms with Crippen LogP contribution in [0.15, 0.2) is 52.7 Å². The summed E-state index contributed by atoms with van der Waals surface area (Å²) in [5, 5.41) is 0. The third-order valence-corrected chi connectivity index (χ3v) is 7.31. The van der Waals surface area contributed by atoms with Crippen molar-refractivity contribution in [2.75, 3.05) is 27.2 Å². The van der Waals surface area contributed by atoms with Crippen LogP contribution in [0, 0.1) is 6.92 Å². The van der Waals surface area contributed by atoms with Gasteiger partial charge in [0.1, 0.15) is 29.7 Å². The molecule has 6 rings (SSSR count). The van der Waals surface area contributed by atoms with Crippen molar-refractivity contribution in [2.24, 2.45) is 0 Å². The number of aryl methyl sites for hydroxylation is 1. The van der Waals surface area contributed by atoms with Crippen molar-refractivity contribution in [3.8, 4) is 23.0 Å². The van der Waals surface area contributed by atoms with Gasteiger partial charge < -0.3 is 23.7 Å². The van der Waals surface area contributed by atoms with E-state index in [2.05, 4.69) is 33.0 Å². The molecule has 3 heterocycles. The van der Waals surface area contributed by atoms with Crippen molar-refractivity contribution in [1.29, 1.82) is 0 Å². The number of carbonyl (C=O) groups is 1. The maximum Gasteiger partial charge on any atom is 0.232 e. The van der Waals surface area contributed by atoms with E-state index in [1.165, 1.54) is 5.56 Å². The Morgan fingerprint density at radius 2 is 1.95 bits per heavy atom. The molecule has 0 fully saturated rings. The van der Waals surface area contributed by atoms with Gasteiger partial charge in [-0.05, 0) is 60.9 Å². The summed E-state index contributed by atoms with van der Waals surface area (Å²) in [6.45, 7) is 4.49. The van der Waals surface area contributed by atoms with Crippen LogP contribution in [0.1, 0.15) is 38.2 Å². The van der Waals surface area contributed by atoms with Gasteiger partial charge in [-0.3, -0.25) is 9.69 Å². The van der Waals surface area contributed by atoms with Gasteiger partial charge in [0.25, 0.3) is 0 Å². The minimum Gasteiger partial charge on any atom is -0.497 e. The zero-order valence-electron chi connectivity index (χ0n) is 20.6. The Balaban J connectivity index is 1.26. The summed E-state index contributed by atoms with van der Waals surface area (Å²) in [4.78, 5) is 15.7. The Morgan fingerprint density at radius 3 is 2.76 bits per heavy atom. The first-order valence-corrected chi connectivity index (χ1v) is 12.9. The lowest BCUT2D eigenvalue weighted by molar-refractivity contribution is -0.0165. The molecule has 0 amide bonds. The molecule has 3 aromatic carbocycles. The molecule has 3 aromatic rings. The fourth-order valence-electron chi connectivity index (χ4n) is 4.96. The third-order valence-electron chi connectivity index (χ3n) is 6.85. The van der Waals surface area contributed by atoms with E-state index < -0.39 is 0 Å². The molecule has 0 aromatic heterocycles. The maximum atomic E-state index is 13.5. The predicted molar refractivity (Wildman–Crippen MR) is 141 cm³/mol. The number of methoxy groups -OCH3 is 1. The number of carbonyl (C=O) groups excluding carboxylic acids is 1. The minimum absolute atomic E-state index is 0.133. The number of ketones is 1. The van der Waals surface area contributed by atoms with E-state index in [1.807, 2.05) is 37.3 Å². The molecule has 0 radical (unpaired) electrons. The summed E-state index contributed by atoms with van der Waals surface area (Å²) in [5.74, 6) is 3.06. The van der Waals surface area contributed by atoms with Crippen molar-refractivity contribution in [3.63, 3.8) is 0 Å². The highest BCUT2D eigenvalue weighted by atomic mass is 79.9. The second-order valence-corrected chi connectivity index (χ2v) is 10.2. The first-order chi connectivity index (χ1) is 18.0. The molecule has 190 valence electrons. The van der Waals surface area contributed by atoms with Crippen LogP contribution in [0.5, 0.6) is 23.0 Å². The normalized spacial score (nSPS) is 17.4. The van der Waals surface area contributed by atoms with Gasteiger partial charge in [-0.25, -0.2) is 0 Å². The maximum absolute atomic E-state index is 13.5. The average molecular weight is 564 g/mol. The van der Waals surface area contributed by atoms with Crippen LogP contribution in [-0.4, -0.2) is 37.9 Å². The van der Waals surface area contributed by atoms with Gasteiger partial charge >= 0.3 is 0 Å². The van der Waals surface area contributed by atoms with E-state index in [1.54, 1.807) is 13.2 Å². The Labute approximate surface area is 223 Å². The smallest absolute Gasteiger partial charge is 0.232 e. The number of Topliss-reactive ketones (excluding diaryl/α,β-unsaturated/α-hetero) is 1. The van der Waals surface area contributed by atoms with Crippen LogP contribution < -0.4 is 18.9 Å². The Morgan fingerprint density at radius 1 is 1.11 bits per heavy atom. The van der Waals surface area contributed by atoms with Gasteiger partial charge in [0.05, 0.1) is 24.8 Å². The molecule has 7 nitrogen and oxygen atoms in total. The van der Waals surface area contributed by atoms with Gasteiger partial charge in [0.2, 0.25) is 5.78 Å². The Kier molecular flexibility index (Phi) is 6.40. The second-order valence-electron chi connectivity index (χ2n) is 9.33. The lowest BCUT2D eigenvalue weighted by Gasteiger charge is -2.30. The zero-order chi connectivity index (χ0) is 25.5. The average Bonchev–Trinajstić information content (AvgIpc) is 3.24. The zero-order valence-corrected chi connectivity index (χ0v) is 22.2. The van der Waals surface area contributed by atoms with E-state index in [4.69, 9.17) is 23.7 Å². The molecule has 37 heavy (non-hydrogen) atoms. The molecule has 3 aliphatic rings. The van der Waals surface area contributed by atoms with Gasteiger partial charge in [-0.2, -0.15) is 0 Å². The van der Waals surface area contributed by atoms with Crippen molar-refractivity contribution in [2.45, 2.75) is 26.5 Å². The Bertz CT molecular complexity index is 1420. The fraction of sp³-hybridized carbons (Fsp3) is 0.276. The summed E-state index contributed by atoms with van der Waals surface area (Å²) in [5.41, 5.74) is 5.26. The minimum atomic E-state index is -0.133. The molecule has 0 saturated carbocycles. The number of benzene rings is 3. The number of fused-ring (bicyclic) bond motifs is 4. The summed E-state index contributed by atoms with van der Waals surface area (Å²) in [6, 6.07) is 13.9. The molecular weight excluding hydrogens is 538 g/mol. The molecular formula is C29H26BrNO6. The number of rotatable bonds is 5. The SMILES string of the molecule is COc1ccc(CCN2COc3cc(C)c4c(c3C2)O/C(=C/c2cc(Br)cc3c2OCOC3)C4=O)cc1. The number of hydrogen-bond acceptors (Lipinski definition) is 7. The summed E-state index contributed by atoms with van der Waals surface area (Å²) in [6.07, 6.45) is 2.63. The summed E-state index contributed by atoms with van der Waals surface area (Å²) < 4.78 is 29.6. The molecule has 0 saturated heterocycles. The van der Waals surface area contributed by atoms with Crippen LogP contribution in [-0.2, 0) is 24.3 Å². The highest BCUT2D eigenvalue weighted by Crippen LogP contribution is 2.44. The highest BCUT2D eigenvalue weighted by Gasteiger charge is 2.35. The fourth-order valence-corrected chi connectivity index (χ4v) is 5.48. The molecule has 0 aliphatic carbocycles. The second kappa shape index (κ2) is 9.85. The molecule has 0 spiro atoms. The standard InChI is InChI=1S/C29H26BrNO6/c1-17-9-24-23(13-31(15-35-24)8-7-18-3-5-22(33-2)6-4-18)29-26(17)27(32)25(37-29)12-19-10-21(30)11-20-14-34-16-36-28(19)20/h3-6,9-12H,7-8,13-16H2,1-2H3/b25-12+. The molecule has 0 bridgehead atoms. The van der Waals surface area contributed by atoms with Gasteiger partial charge in [-0.1, -0.05) is 28.1 Å². The summed E-state index contributed by atoms with van der Waals surface area (Å²) >= 11 is 3.55. The van der Waals surface area contributed by atoms with E-state index in [0.717, 1.165) is 51.2 Å². The van der Waals surface area contributed by atoms with Crippen molar-refractivity contribution >= 4 is 27.8 Å². The van der Waals surface area contributed by atoms with Gasteiger partial charge in [-0.15, -0.1) is 0 Å². The van der Waals surface area contributed by atoms with E-state index in [9.17, 15) is 4.79 Å². The Hall–Kier alpha value is -3.33. The van der Waals surface area contributed by atoms with Crippen molar-refractivity contribution in [1.82, 2.24) is 4.90 Å². The largest absolute Gasteiger partial charge is 0.497 e. The monoisotopic (exact) mass is 563 g/mol. The third kappa shape index (κ3) is 4.61. The number of allylic oxidation sites excluding steroid dienone is 1. The predicted octanol–water partition coefficient (Wildman–Crippen LogP) is 5.64. The molecule has 0 N–H and O–H groups in total. The summed E-state index contributed by atoms with van der Waals surface area (Å²) in [7, 11) is 1.67. The van der Waals surface area contributed by atoms with E-state index in [0.29, 0.717) is 36.9 Å². The number of hydrogen-bond donors (Lipinski definition) is 0.